The number of nitrogen functional groups attached to an aromatic ring is 1. The Labute approximate surface area is 137 Å². The van der Waals surface area contributed by atoms with Crippen LogP contribution in [0.25, 0.3) is 10.4 Å². The highest BCUT2D eigenvalue weighted by Gasteiger charge is 2.24. The first-order valence-electron chi connectivity index (χ1n) is 6.32. The van der Waals surface area contributed by atoms with Crippen LogP contribution in [0.3, 0.4) is 0 Å². The second-order valence-corrected chi connectivity index (χ2v) is 6.79. The Hall–Kier alpha value is -1.23. The molecule has 2 rings (SSSR count). The highest BCUT2D eigenvalue weighted by Crippen LogP contribution is 2.44. The van der Waals surface area contributed by atoms with Crippen LogP contribution in [-0.4, -0.2) is 13.1 Å². The lowest BCUT2D eigenvalue weighted by Gasteiger charge is -2.09. The molecule has 0 aliphatic heterocycles. The molecule has 1 aromatic carbocycles. The van der Waals surface area contributed by atoms with E-state index >= 15 is 0 Å². The van der Waals surface area contributed by atoms with Crippen molar-refractivity contribution >= 4 is 46.2 Å². The van der Waals surface area contributed by atoms with Crippen molar-refractivity contribution in [2.45, 2.75) is 19.8 Å². The van der Waals surface area contributed by atoms with Gasteiger partial charge in [-0.1, -0.05) is 37.0 Å². The lowest BCUT2D eigenvalue weighted by atomic mass is 9.98. The summed E-state index contributed by atoms with van der Waals surface area (Å²) in [5, 5.41) is 1.08. The number of rotatable bonds is 3. The van der Waals surface area contributed by atoms with Crippen LogP contribution in [0.2, 0.25) is 10.0 Å². The third-order valence-corrected chi connectivity index (χ3v) is 4.74. The van der Waals surface area contributed by atoms with Gasteiger partial charge in [0, 0.05) is 14.9 Å². The van der Waals surface area contributed by atoms with Crippen molar-refractivity contribution in [3.05, 3.63) is 38.7 Å². The maximum Gasteiger partial charge on any atom is 0.350 e. The minimum Gasteiger partial charge on any atom is -0.465 e. The second kappa shape index (κ2) is 6.26. The predicted octanol–water partition coefficient (Wildman–Crippen LogP) is 5.21. The van der Waals surface area contributed by atoms with Gasteiger partial charge in [-0.2, -0.15) is 0 Å². The molecule has 1 aromatic heterocycles. The Bertz CT molecular complexity index is 675. The molecule has 0 atom stereocenters. The van der Waals surface area contributed by atoms with Gasteiger partial charge in [-0.25, -0.2) is 4.79 Å². The molecule has 6 heteroatoms. The zero-order chi connectivity index (χ0) is 15.7. The Morgan fingerprint density at radius 1 is 1.24 bits per heavy atom. The number of anilines is 1. The number of halogens is 2. The van der Waals surface area contributed by atoms with Crippen molar-refractivity contribution < 1.29 is 9.53 Å². The summed E-state index contributed by atoms with van der Waals surface area (Å²) in [5.41, 5.74) is 8.37. The van der Waals surface area contributed by atoms with Crippen LogP contribution in [0.5, 0.6) is 0 Å². The normalized spacial score (nSPS) is 11.0. The van der Waals surface area contributed by atoms with Crippen LogP contribution in [0.15, 0.2) is 18.2 Å². The van der Waals surface area contributed by atoms with Gasteiger partial charge in [0.15, 0.2) is 0 Å². The molecule has 0 unspecified atom stereocenters. The minimum atomic E-state index is -0.432. The van der Waals surface area contributed by atoms with Gasteiger partial charge in [-0.3, -0.25) is 0 Å². The highest BCUT2D eigenvalue weighted by atomic mass is 35.5. The van der Waals surface area contributed by atoms with Crippen molar-refractivity contribution in [2.75, 3.05) is 12.8 Å². The fourth-order valence-electron chi connectivity index (χ4n) is 2.17. The van der Waals surface area contributed by atoms with E-state index in [1.165, 1.54) is 18.4 Å². The summed E-state index contributed by atoms with van der Waals surface area (Å²) in [6.07, 6.45) is 0. The number of esters is 1. The Morgan fingerprint density at radius 2 is 1.81 bits per heavy atom. The maximum absolute atomic E-state index is 11.8. The summed E-state index contributed by atoms with van der Waals surface area (Å²) in [6, 6.07) is 5.29. The van der Waals surface area contributed by atoms with Crippen molar-refractivity contribution in [3.63, 3.8) is 0 Å². The van der Waals surface area contributed by atoms with Crippen LogP contribution in [-0.2, 0) is 4.74 Å². The molecule has 2 N–H and O–H groups in total. The van der Waals surface area contributed by atoms with Crippen LogP contribution < -0.4 is 5.73 Å². The molecule has 0 spiro atoms. The Morgan fingerprint density at radius 3 is 2.29 bits per heavy atom. The smallest absolute Gasteiger partial charge is 0.350 e. The van der Waals surface area contributed by atoms with E-state index in [2.05, 4.69) is 0 Å². The Kier molecular flexibility index (Phi) is 4.81. The first-order chi connectivity index (χ1) is 9.85. The molecule has 0 aliphatic rings. The van der Waals surface area contributed by atoms with Gasteiger partial charge in [-0.05, 0) is 35.2 Å². The number of thiophene rings is 1. The molecule has 21 heavy (non-hydrogen) atoms. The maximum atomic E-state index is 11.8. The largest absolute Gasteiger partial charge is 0.465 e. The molecule has 0 fully saturated rings. The molecule has 0 saturated heterocycles. The molecule has 0 amide bonds. The number of ether oxygens (including phenoxy) is 1. The SMILES string of the molecule is COC(=O)c1sc(-c2cc(Cl)cc(Cl)c2)c(C(C)C)c1N. The van der Waals surface area contributed by atoms with Crippen LogP contribution in [0, 0.1) is 0 Å². The van der Waals surface area contributed by atoms with Gasteiger partial charge in [0.2, 0.25) is 0 Å². The van der Waals surface area contributed by atoms with Gasteiger partial charge < -0.3 is 10.5 Å². The van der Waals surface area contributed by atoms with Gasteiger partial charge in [0.1, 0.15) is 4.88 Å². The first-order valence-corrected chi connectivity index (χ1v) is 7.89. The molecule has 0 radical (unpaired) electrons. The van der Waals surface area contributed by atoms with Crippen LogP contribution in [0.1, 0.15) is 35.0 Å². The summed E-state index contributed by atoms with van der Waals surface area (Å²) in [4.78, 5) is 13.1. The third kappa shape index (κ3) is 3.18. The fraction of sp³-hybridized carbons (Fsp3) is 0.267. The average Bonchev–Trinajstić information content (AvgIpc) is 2.74. The van der Waals surface area contributed by atoms with E-state index in [-0.39, 0.29) is 5.92 Å². The molecule has 0 saturated carbocycles. The van der Waals surface area contributed by atoms with Gasteiger partial charge >= 0.3 is 5.97 Å². The van der Waals surface area contributed by atoms with Crippen molar-refractivity contribution in [3.8, 4) is 10.4 Å². The van der Waals surface area contributed by atoms with Gasteiger partial charge in [0.25, 0.3) is 0 Å². The summed E-state index contributed by atoms with van der Waals surface area (Å²) in [5.74, 6) is -0.272. The van der Waals surface area contributed by atoms with E-state index in [0.717, 1.165) is 16.0 Å². The number of carbonyl (C=O) groups is 1. The number of hydrogen-bond donors (Lipinski definition) is 1. The predicted molar refractivity (Wildman–Crippen MR) is 89.6 cm³/mol. The first kappa shape index (κ1) is 16.1. The summed E-state index contributed by atoms with van der Waals surface area (Å²) in [7, 11) is 1.34. The monoisotopic (exact) mass is 343 g/mol. The summed E-state index contributed by atoms with van der Waals surface area (Å²) in [6.45, 7) is 4.05. The molecule has 2 aromatic rings. The van der Waals surface area contributed by atoms with Gasteiger partial charge in [-0.15, -0.1) is 11.3 Å². The van der Waals surface area contributed by atoms with Crippen LogP contribution >= 0.6 is 34.5 Å². The number of benzene rings is 1. The van der Waals surface area contributed by atoms with E-state index < -0.39 is 5.97 Å². The van der Waals surface area contributed by atoms with Crippen molar-refractivity contribution in [1.82, 2.24) is 0 Å². The second-order valence-electron chi connectivity index (χ2n) is 4.89. The number of carbonyl (C=O) groups excluding carboxylic acids is 1. The van der Waals surface area contributed by atoms with E-state index in [1.54, 1.807) is 6.07 Å². The molecule has 1 heterocycles. The van der Waals surface area contributed by atoms with E-state index in [4.69, 9.17) is 33.7 Å². The molecule has 0 aliphatic carbocycles. The lowest BCUT2D eigenvalue weighted by Crippen LogP contribution is -2.03. The highest BCUT2D eigenvalue weighted by molar-refractivity contribution is 7.18. The standard InChI is InChI=1S/C15H15Cl2NO2S/c1-7(2)11-12(18)14(15(19)20-3)21-13(11)8-4-9(16)6-10(17)5-8/h4-7H,18H2,1-3H3. The minimum absolute atomic E-state index is 0.160. The van der Waals surface area contributed by atoms with Crippen molar-refractivity contribution in [2.24, 2.45) is 0 Å². The molecular formula is C15H15Cl2NO2S. The number of hydrogen-bond acceptors (Lipinski definition) is 4. The zero-order valence-electron chi connectivity index (χ0n) is 11.9. The number of methoxy groups -OCH3 is 1. The molecular weight excluding hydrogens is 329 g/mol. The molecule has 0 bridgehead atoms. The van der Waals surface area contributed by atoms with Crippen molar-refractivity contribution in [1.29, 1.82) is 0 Å². The quantitative estimate of drug-likeness (QED) is 0.777. The summed E-state index contributed by atoms with van der Waals surface area (Å²) >= 11 is 13.4. The molecule has 112 valence electrons. The average molecular weight is 344 g/mol. The van der Waals surface area contributed by atoms with Crippen LogP contribution in [0.4, 0.5) is 5.69 Å². The third-order valence-electron chi connectivity index (χ3n) is 3.06. The fourth-order valence-corrected chi connectivity index (χ4v) is 3.98. The molecule has 3 nitrogen and oxygen atoms in total. The topological polar surface area (TPSA) is 52.3 Å². The number of nitrogens with two attached hydrogens (primary N) is 1. The van der Waals surface area contributed by atoms with E-state index in [0.29, 0.717) is 20.6 Å². The van der Waals surface area contributed by atoms with E-state index in [9.17, 15) is 4.79 Å². The Balaban J connectivity index is 2.70. The van der Waals surface area contributed by atoms with Gasteiger partial charge in [0.05, 0.1) is 12.8 Å². The summed E-state index contributed by atoms with van der Waals surface area (Å²) < 4.78 is 4.79. The zero-order valence-corrected chi connectivity index (χ0v) is 14.2. The van der Waals surface area contributed by atoms with E-state index in [1.807, 2.05) is 26.0 Å². The lowest BCUT2D eigenvalue weighted by molar-refractivity contribution is 0.0607.